The molecule has 7 heteroatoms. The van der Waals surface area contributed by atoms with Crippen LogP contribution in [0.15, 0.2) is 41.0 Å². The molecule has 2 N–H and O–H groups in total. The lowest BCUT2D eigenvalue weighted by Crippen LogP contribution is -2.06. The third-order valence-electron chi connectivity index (χ3n) is 4.05. The number of aliphatic hydroxyl groups is 1. The zero-order valence-electron chi connectivity index (χ0n) is 13.1. The molecule has 1 saturated carbocycles. The average Bonchev–Trinajstić information content (AvgIpc) is 3.31. The minimum absolute atomic E-state index is 0.449. The Morgan fingerprint density at radius 2 is 2.21 bits per heavy atom. The molecule has 1 aliphatic rings. The predicted octanol–water partition coefficient (Wildman–Crippen LogP) is 3.39. The number of fused-ring (bicyclic) bond motifs is 1. The fourth-order valence-corrected chi connectivity index (χ4v) is 3.10. The van der Waals surface area contributed by atoms with Crippen LogP contribution in [0.4, 0.5) is 5.82 Å². The van der Waals surface area contributed by atoms with Gasteiger partial charge in [-0.15, -0.1) is 0 Å². The molecule has 0 saturated heterocycles. The van der Waals surface area contributed by atoms with Crippen molar-refractivity contribution in [2.75, 3.05) is 12.4 Å². The quantitative estimate of drug-likeness (QED) is 0.655. The van der Waals surface area contributed by atoms with Gasteiger partial charge in [-0.3, -0.25) is 0 Å². The largest absolute Gasteiger partial charge is 0.367 e. The molecule has 1 fully saturated rings. The molecule has 1 unspecified atom stereocenters. The maximum Gasteiger partial charge on any atom is 0.200 e. The number of pyridine rings is 1. The summed E-state index contributed by atoms with van der Waals surface area (Å²) in [5, 5.41) is 19.1. The molecule has 1 aliphatic carbocycles. The standard InChI is InChI=1S/C17H17BrN4O2/c1-24-17(23)15-14-13(7-8-19-16(14)20-11-5-6-11)22(21-15)12-4-2-3-10(18)9-12/h2-4,7-9,11,17,23H,5-6H2,1H3,(H,19,20). The Morgan fingerprint density at radius 1 is 1.38 bits per heavy atom. The summed E-state index contributed by atoms with van der Waals surface area (Å²) in [6.07, 6.45) is 2.93. The lowest BCUT2D eigenvalue weighted by atomic mass is 10.2. The lowest BCUT2D eigenvalue weighted by molar-refractivity contribution is -0.0790. The first-order chi connectivity index (χ1) is 11.7. The van der Waals surface area contributed by atoms with Crippen LogP contribution in [-0.2, 0) is 4.74 Å². The Labute approximate surface area is 147 Å². The summed E-state index contributed by atoms with van der Waals surface area (Å²) in [4.78, 5) is 4.45. The highest BCUT2D eigenvalue weighted by molar-refractivity contribution is 9.10. The maximum atomic E-state index is 10.3. The van der Waals surface area contributed by atoms with Gasteiger partial charge in [0.2, 0.25) is 6.29 Å². The van der Waals surface area contributed by atoms with Crippen molar-refractivity contribution in [3.8, 4) is 5.69 Å². The van der Waals surface area contributed by atoms with Crippen LogP contribution < -0.4 is 5.32 Å². The molecule has 2 aromatic heterocycles. The van der Waals surface area contributed by atoms with E-state index in [9.17, 15) is 5.11 Å². The molecule has 2 heterocycles. The van der Waals surface area contributed by atoms with Crippen molar-refractivity contribution >= 4 is 32.7 Å². The summed E-state index contributed by atoms with van der Waals surface area (Å²) in [5.41, 5.74) is 2.23. The number of benzene rings is 1. The van der Waals surface area contributed by atoms with Crippen molar-refractivity contribution in [2.45, 2.75) is 25.2 Å². The molecule has 0 spiro atoms. The third kappa shape index (κ3) is 2.79. The second-order valence-corrected chi connectivity index (χ2v) is 6.75. The number of rotatable bonds is 5. The van der Waals surface area contributed by atoms with Crippen molar-refractivity contribution in [1.29, 1.82) is 0 Å². The molecule has 24 heavy (non-hydrogen) atoms. The molecule has 0 bridgehead atoms. The minimum Gasteiger partial charge on any atom is -0.367 e. The topological polar surface area (TPSA) is 72.2 Å². The first kappa shape index (κ1) is 15.6. The van der Waals surface area contributed by atoms with Crippen LogP contribution >= 0.6 is 15.9 Å². The van der Waals surface area contributed by atoms with Crippen LogP contribution in [0.3, 0.4) is 0 Å². The molecule has 124 valence electrons. The van der Waals surface area contributed by atoms with Crippen molar-refractivity contribution in [2.24, 2.45) is 0 Å². The summed E-state index contributed by atoms with van der Waals surface area (Å²) >= 11 is 3.49. The van der Waals surface area contributed by atoms with Gasteiger partial charge < -0.3 is 15.2 Å². The highest BCUT2D eigenvalue weighted by Gasteiger charge is 2.26. The van der Waals surface area contributed by atoms with E-state index in [1.807, 2.05) is 30.3 Å². The number of methoxy groups -OCH3 is 1. The summed E-state index contributed by atoms with van der Waals surface area (Å²) in [6, 6.07) is 10.2. The van der Waals surface area contributed by atoms with E-state index in [-0.39, 0.29) is 0 Å². The van der Waals surface area contributed by atoms with Crippen LogP contribution in [0.1, 0.15) is 24.8 Å². The van der Waals surface area contributed by atoms with E-state index in [2.05, 4.69) is 31.3 Å². The van der Waals surface area contributed by atoms with E-state index in [1.165, 1.54) is 7.11 Å². The Bertz CT molecular complexity index is 891. The molecule has 1 aromatic carbocycles. The highest BCUT2D eigenvalue weighted by Crippen LogP contribution is 2.34. The fraction of sp³-hybridized carbons (Fsp3) is 0.294. The van der Waals surface area contributed by atoms with E-state index >= 15 is 0 Å². The Kier molecular flexibility index (Phi) is 3.99. The summed E-state index contributed by atoms with van der Waals surface area (Å²) in [7, 11) is 1.46. The Hall–Kier alpha value is -1.96. The molecule has 1 atom stereocenters. The number of hydrogen-bond donors (Lipinski definition) is 2. The summed E-state index contributed by atoms with van der Waals surface area (Å²) in [5.74, 6) is 0.738. The molecule has 0 amide bonds. The van der Waals surface area contributed by atoms with Crippen molar-refractivity contribution in [1.82, 2.24) is 14.8 Å². The van der Waals surface area contributed by atoms with E-state index in [0.29, 0.717) is 11.7 Å². The second kappa shape index (κ2) is 6.16. The average molecular weight is 389 g/mol. The van der Waals surface area contributed by atoms with Crippen LogP contribution in [0.2, 0.25) is 0 Å². The Morgan fingerprint density at radius 3 is 2.92 bits per heavy atom. The predicted molar refractivity (Wildman–Crippen MR) is 95.2 cm³/mol. The van der Waals surface area contributed by atoms with Crippen molar-refractivity contribution in [3.63, 3.8) is 0 Å². The fourth-order valence-electron chi connectivity index (χ4n) is 2.71. The zero-order valence-corrected chi connectivity index (χ0v) is 14.7. The van der Waals surface area contributed by atoms with Crippen LogP contribution in [-0.4, -0.2) is 33.0 Å². The van der Waals surface area contributed by atoms with Crippen molar-refractivity contribution < 1.29 is 9.84 Å². The van der Waals surface area contributed by atoms with Gasteiger partial charge in [-0.25, -0.2) is 9.67 Å². The molecular formula is C17H17BrN4O2. The normalized spacial score (nSPS) is 15.6. The third-order valence-corrected chi connectivity index (χ3v) is 4.54. The molecule has 0 aliphatic heterocycles. The smallest absolute Gasteiger partial charge is 0.200 e. The first-order valence-electron chi connectivity index (χ1n) is 7.78. The molecule has 3 aromatic rings. The van der Waals surface area contributed by atoms with Gasteiger partial charge in [0.05, 0.1) is 16.6 Å². The number of ether oxygens (including phenoxy) is 1. The van der Waals surface area contributed by atoms with Crippen LogP contribution in [0, 0.1) is 0 Å². The van der Waals surface area contributed by atoms with Gasteiger partial charge in [-0.1, -0.05) is 22.0 Å². The molecule has 4 rings (SSSR count). The van der Waals surface area contributed by atoms with Gasteiger partial charge in [0, 0.05) is 23.8 Å². The van der Waals surface area contributed by atoms with E-state index in [1.54, 1.807) is 10.9 Å². The Balaban J connectivity index is 1.94. The highest BCUT2D eigenvalue weighted by atomic mass is 79.9. The number of nitrogens with one attached hydrogen (secondary N) is 1. The van der Waals surface area contributed by atoms with E-state index in [4.69, 9.17) is 4.74 Å². The number of anilines is 1. The summed E-state index contributed by atoms with van der Waals surface area (Å²) < 4.78 is 7.87. The van der Waals surface area contributed by atoms with Gasteiger partial charge in [0.1, 0.15) is 11.5 Å². The van der Waals surface area contributed by atoms with Gasteiger partial charge in [-0.05, 0) is 37.1 Å². The second-order valence-electron chi connectivity index (χ2n) is 5.84. The first-order valence-corrected chi connectivity index (χ1v) is 8.57. The molecule has 6 nitrogen and oxygen atoms in total. The van der Waals surface area contributed by atoms with Crippen LogP contribution in [0.5, 0.6) is 0 Å². The SMILES string of the molecule is COC(O)c1nn(-c2cccc(Br)c2)c2ccnc(NC3CC3)c12. The van der Waals surface area contributed by atoms with Gasteiger partial charge in [-0.2, -0.15) is 5.10 Å². The number of halogens is 1. The molecule has 0 radical (unpaired) electrons. The molecular weight excluding hydrogens is 372 g/mol. The summed E-state index contributed by atoms with van der Waals surface area (Å²) in [6.45, 7) is 0. The number of aliphatic hydroxyl groups excluding tert-OH is 1. The minimum atomic E-state index is -1.11. The lowest BCUT2D eigenvalue weighted by Gasteiger charge is -2.09. The van der Waals surface area contributed by atoms with E-state index < -0.39 is 6.29 Å². The number of nitrogens with zero attached hydrogens (tertiary/aromatic N) is 3. The zero-order chi connectivity index (χ0) is 16.7. The van der Waals surface area contributed by atoms with Crippen LogP contribution in [0.25, 0.3) is 16.6 Å². The maximum absolute atomic E-state index is 10.3. The monoisotopic (exact) mass is 388 g/mol. The van der Waals surface area contributed by atoms with Gasteiger partial charge in [0.25, 0.3) is 0 Å². The van der Waals surface area contributed by atoms with Gasteiger partial charge >= 0.3 is 0 Å². The van der Waals surface area contributed by atoms with E-state index in [0.717, 1.165) is 39.7 Å². The van der Waals surface area contributed by atoms with Crippen molar-refractivity contribution in [3.05, 3.63) is 46.7 Å². The number of aromatic nitrogens is 3. The van der Waals surface area contributed by atoms with Gasteiger partial charge in [0.15, 0.2) is 0 Å². The number of hydrogen-bond acceptors (Lipinski definition) is 5.